The maximum absolute atomic E-state index is 6.25. The van der Waals surface area contributed by atoms with E-state index in [9.17, 15) is 0 Å². The molecule has 2 aliphatic heterocycles. The van der Waals surface area contributed by atoms with E-state index in [2.05, 4.69) is 41.3 Å². The lowest BCUT2D eigenvalue weighted by molar-refractivity contribution is 0.0695. The lowest BCUT2D eigenvalue weighted by Gasteiger charge is -2.26. The van der Waals surface area contributed by atoms with Crippen molar-refractivity contribution in [1.29, 1.82) is 0 Å². The molecule has 0 N–H and O–H groups in total. The molecule has 0 radical (unpaired) electrons. The smallest absolute Gasteiger partial charge is 0.0788 e. The molecule has 23 heavy (non-hydrogen) atoms. The van der Waals surface area contributed by atoms with Crippen LogP contribution in [0.2, 0.25) is 0 Å². The Labute approximate surface area is 140 Å². The summed E-state index contributed by atoms with van der Waals surface area (Å²) in [6.45, 7) is 4.53. The largest absolute Gasteiger partial charge is 0.374 e. The van der Waals surface area contributed by atoms with E-state index in [1.54, 1.807) is 5.57 Å². The van der Waals surface area contributed by atoms with Gasteiger partial charge in [-0.2, -0.15) is 0 Å². The molecule has 3 atom stereocenters. The van der Waals surface area contributed by atoms with Crippen molar-refractivity contribution in [1.82, 2.24) is 4.90 Å². The number of nitrogens with zero attached hydrogens (tertiary/aromatic N) is 1. The summed E-state index contributed by atoms with van der Waals surface area (Å²) in [6.07, 6.45) is 10.8. The number of ether oxygens (including phenoxy) is 1. The van der Waals surface area contributed by atoms with Crippen molar-refractivity contribution < 1.29 is 4.74 Å². The first-order chi connectivity index (χ1) is 11.4. The van der Waals surface area contributed by atoms with Crippen molar-refractivity contribution in [3.63, 3.8) is 0 Å². The predicted molar refractivity (Wildman–Crippen MR) is 94.2 cm³/mol. The quantitative estimate of drug-likeness (QED) is 0.750. The number of allylic oxidation sites excluding steroid dienone is 1. The molecule has 0 bridgehead atoms. The first-order valence-corrected chi connectivity index (χ1v) is 9.48. The molecule has 124 valence electrons. The minimum atomic E-state index is 0.418. The monoisotopic (exact) mass is 311 g/mol. The second-order valence-corrected chi connectivity index (χ2v) is 7.54. The van der Waals surface area contributed by atoms with Crippen LogP contribution in [-0.4, -0.2) is 30.7 Å². The number of fused-ring (bicyclic) bond motifs is 3. The Morgan fingerprint density at radius 2 is 1.91 bits per heavy atom. The van der Waals surface area contributed by atoms with Gasteiger partial charge in [-0.05, 0) is 48.7 Å². The zero-order valence-electron chi connectivity index (χ0n) is 14.1. The van der Waals surface area contributed by atoms with Crippen LogP contribution in [0.5, 0.6) is 0 Å². The van der Waals surface area contributed by atoms with E-state index < -0.39 is 0 Å². The molecule has 2 heteroatoms. The molecule has 0 aromatic heterocycles. The lowest BCUT2D eigenvalue weighted by Crippen LogP contribution is -2.25. The van der Waals surface area contributed by atoms with Crippen LogP contribution in [0.1, 0.15) is 44.1 Å². The molecule has 3 unspecified atom stereocenters. The highest BCUT2D eigenvalue weighted by atomic mass is 16.5. The van der Waals surface area contributed by atoms with Gasteiger partial charge in [0, 0.05) is 26.2 Å². The number of hydrogen-bond donors (Lipinski definition) is 0. The molecule has 1 aromatic rings. The lowest BCUT2D eigenvalue weighted by atomic mass is 9.82. The van der Waals surface area contributed by atoms with Crippen molar-refractivity contribution >= 4 is 0 Å². The average Bonchev–Trinajstić information content (AvgIpc) is 2.86. The van der Waals surface area contributed by atoms with Crippen molar-refractivity contribution in [3.05, 3.63) is 47.5 Å². The van der Waals surface area contributed by atoms with Crippen molar-refractivity contribution in [2.75, 3.05) is 19.7 Å². The van der Waals surface area contributed by atoms with E-state index >= 15 is 0 Å². The average molecular weight is 311 g/mol. The van der Waals surface area contributed by atoms with Gasteiger partial charge in [-0.25, -0.2) is 0 Å². The SMILES string of the molecule is C1=C2C(CCCCC1)OCCC1CN(Cc3ccccc3)CC21. The first-order valence-electron chi connectivity index (χ1n) is 9.48. The predicted octanol–water partition coefficient (Wildman–Crippen LogP) is 4.41. The highest BCUT2D eigenvalue weighted by Crippen LogP contribution is 2.39. The van der Waals surface area contributed by atoms with E-state index in [0.717, 1.165) is 25.0 Å². The fraction of sp³-hybridized carbons (Fsp3) is 0.619. The Kier molecular flexibility index (Phi) is 4.82. The van der Waals surface area contributed by atoms with Gasteiger partial charge < -0.3 is 4.74 Å². The van der Waals surface area contributed by atoms with E-state index in [1.165, 1.54) is 57.2 Å². The summed E-state index contributed by atoms with van der Waals surface area (Å²) in [5, 5.41) is 0. The van der Waals surface area contributed by atoms with Crippen LogP contribution in [0, 0.1) is 11.8 Å². The standard InChI is InChI=1S/C21H29NO/c1-2-7-11-21-19(10-6-1)20-16-22(15-18(20)12-13-23-21)14-17-8-4-3-5-9-17/h3-5,8-10,18,20-21H,1-2,6-7,11-16H2. The first kappa shape index (κ1) is 15.4. The molecule has 2 heterocycles. The normalized spacial score (nSPS) is 32.2. The number of benzene rings is 1. The minimum Gasteiger partial charge on any atom is -0.374 e. The number of likely N-dealkylation sites (tertiary alicyclic amines) is 1. The maximum atomic E-state index is 6.25. The summed E-state index contributed by atoms with van der Waals surface area (Å²) < 4.78 is 6.25. The van der Waals surface area contributed by atoms with E-state index in [0.29, 0.717) is 6.10 Å². The molecule has 2 fully saturated rings. The molecule has 4 rings (SSSR count). The molecule has 0 spiro atoms. The van der Waals surface area contributed by atoms with Crippen molar-refractivity contribution in [3.8, 4) is 0 Å². The molecule has 1 aliphatic carbocycles. The van der Waals surface area contributed by atoms with Crippen LogP contribution in [0.4, 0.5) is 0 Å². The third kappa shape index (κ3) is 3.54. The second kappa shape index (κ2) is 7.19. The zero-order chi connectivity index (χ0) is 15.5. The van der Waals surface area contributed by atoms with Gasteiger partial charge >= 0.3 is 0 Å². The van der Waals surface area contributed by atoms with Crippen LogP contribution in [0.15, 0.2) is 42.0 Å². The third-order valence-corrected chi connectivity index (χ3v) is 5.92. The van der Waals surface area contributed by atoms with Crippen LogP contribution in [0.3, 0.4) is 0 Å². The van der Waals surface area contributed by atoms with E-state index in [4.69, 9.17) is 4.74 Å². The molecule has 0 amide bonds. The van der Waals surface area contributed by atoms with Crippen molar-refractivity contribution in [2.24, 2.45) is 11.8 Å². The minimum absolute atomic E-state index is 0.418. The Balaban J connectivity index is 1.50. The Bertz CT molecular complexity index is 538. The van der Waals surface area contributed by atoms with Gasteiger partial charge in [-0.15, -0.1) is 0 Å². The van der Waals surface area contributed by atoms with Crippen LogP contribution >= 0.6 is 0 Å². The number of rotatable bonds is 2. The fourth-order valence-electron chi connectivity index (χ4n) is 4.75. The second-order valence-electron chi connectivity index (χ2n) is 7.54. The molecular formula is C21H29NO. The Morgan fingerprint density at radius 1 is 1.00 bits per heavy atom. The fourth-order valence-corrected chi connectivity index (χ4v) is 4.75. The van der Waals surface area contributed by atoms with Crippen LogP contribution in [-0.2, 0) is 11.3 Å². The molecule has 2 saturated heterocycles. The summed E-state index contributed by atoms with van der Waals surface area (Å²) >= 11 is 0. The summed E-state index contributed by atoms with van der Waals surface area (Å²) in [7, 11) is 0. The molecule has 1 aromatic carbocycles. The highest BCUT2D eigenvalue weighted by molar-refractivity contribution is 5.20. The van der Waals surface area contributed by atoms with E-state index in [1.807, 2.05) is 0 Å². The highest BCUT2D eigenvalue weighted by Gasteiger charge is 2.39. The summed E-state index contributed by atoms with van der Waals surface area (Å²) in [4.78, 5) is 2.67. The molecule has 0 saturated carbocycles. The Hall–Kier alpha value is -1.12. The van der Waals surface area contributed by atoms with Crippen LogP contribution in [0.25, 0.3) is 0 Å². The van der Waals surface area contributed by atoms with Gasteiger partial charge in [0.15, 0.2) is 0 Å². The number of hydrogen-bond acceptors (Lipinski definition) is 2. The molecular weight excluding hydrogens is 282 g/mol. The van der Waals surface area contributed by atoms with Gasteiger partial charge in [0.05, 0.1) is 6.10 Å². The summed E-state index contributed by atoms with van der Waals surface area (Å²) in [6, 6.07) is 10.9. The van der Waals surface area contributed by atoms with Gasteiger partial charge in [-0.1, -0.05) is 49.2 Å². The van der Waals surface area contributed by atoms with Crippen molar-refractivity contribution in [2.45, 2.75) is 51.2 Å². The molecule has 3 aliphatic rings. The van der Waals surface area contributed by atoms with E-state index in [-0.39, 0.29) is 0 Å². The van der Waals surface area contributed by atoms with Gasteiger partial charge in [-0.3, -0.25) is 4.90 Å². The van der Waals surface area contributed by atoms with Gasteiger partial charge in [0.25, 0.3) is 0 Å². The Morgan fingerprint density at radius 3 is 2.83 bits per heavy atom. The third-order valence-electron chi connectivity index (χ3n) is 5.92. The maximum Gasteiger partial charge on any atom is 0.0788 e. The van der Waals surface area contributed by atoms with Gasteiger partial charge in [0.2, 0.25) is 0 Å². The molecule has 2 nitrogen and oxygen atoms in total. The van der Waals surface area contributed by atoms with Gasteiger partial charge in [0.1, 0.15) is 0 Å². The summed E-state index contributed by atoms with van der Waals surface area (Å²) in [5.74, 6) is 1.54. The topological polar surface area (TPSA) is 12.5 Å². The zero-order valence-corrected chi connectivity index (χ0v) is 14.1. The summed E-state index contributed by atoms with van der Waals surface area (Å²) in [5.41, 5.74) is 3.10. The van der Waals surface area contributed by atoms with Crippen LogP contribution < -0.4 is 0 Å².